The van der Waals surface area contributed by atoms with E-state index < -0.39 is 58.3 Å². The third kappa shape index (κ3) is 7.32. The summed E-state index contributed by atoms with van der Waals surface area (Å²) in [5.41, 5.74) is -4.02. The van der Waals surface area contributed by atoms with Gasteiger partial charge in [-0.2, -0.15) is 26.3 Å². The van der Waals surface area contributed by atoms with Crippen LogP contribution >= 0.6 is 0 Å². The Hall–Kier alpha value is -3.84. The minimum atomic E-state index is -5.10. The smallest absolute Gasteiger partial charge is 0.416 e. The average molecular weight is 508 g/mol. The number of carbonyl (C=O) groups is 2. The number of nitrogens with zero attached hydrogens (tertiary/aromatic N) is 1. The van der Waals surface area contributed by atoms with Crippen LogP contribution in [0.1, 0.15) is 22.3 Å². The van der Waals surface area contributed by atoms with Crippen molar-refractivity contribution < 1.29 is 50.3 Å². The number of methoxy groups -OCH3 is 2. The number of nitro benzene ring substituents is 1. The van der Waals surface area contributed by atoms with Gasteiger partial charge in [-0.3, -0.25) is 14.9 Å². The molecule has 0 aliphatic carbocycles. The largest absolute Gasteiger partial charge is 0.496 e. The molecule has 1 atom stereocenters. The van der Waals surface area contributed by atoms with Crippen LogP contribution < -0.4 is 10.1 Å². The van der Waals surface area contributed by atoms with E-state index in [9.17, 15) is 46.0 Å². The van der Waals surface area contributed by atoms with Gasteiger partial charge in [-0.1, -0.05) is 0 Å². The minimum Gasteiger partial charge on any atom is -0.496 e. The summed E-state index contributed by atoms with van der Waals surface area (Å²) in [7, 11) is 2.23. The first kappa shape index (κ1) is 27.4. The lowest BCUT2D eigenvalue weighted by Gasteiger charge is -2.19. The summed E-state index contributed by atoms with van der Waals surface area (Å²) in [6.07, 6.45) is -11.5. The highest BCUT2D eigenvalue weighted by Gasteiger charge is 2.37. The molecule has 0 spiro atoms. The molecule has 35 heavy (non-hydrogen) atoms. The van der Waals surface area contributed by atoms with Crippen molar-refractivity contribution in [2.45, 2.75) is 31.2 Å². The second-order valence-electron chi connectivity index (χ2n) is 7.19. The summed E-state index contributed by atoms with van der Waals surface area (Å²) >= 11 is 0. The summed E-state index contributed by atoms with van der Waals surface area (Å²) in [4.78, 5) is 35.0. The lowest BCUT2D eigenvalue weighted by atomic mass is 10.0. The molecule has 2 aromatic carbocycles. The fourth-order valence-electron chi connectivity index (χ4n) is 3.15. The van der Waals surface area contributed by atoms with E-state index in [-0.39, 0.29) is 29.5 Å². The van der Waals surface area contributed by atoms with Gasteiger partial charge in [0.05, 0.1) is 36.7 Å². The van der Waals surface area contributed by atoms with Crippen LogP contribution in [0.15, 0.2) is 36.4 Å². The van der Waals surface area contributed by atoms with Crippen molar-refractivity contribution in [3.8, 4) is 5.75 Å². The molecule has 190 valence electrons. The SMILES string of the molecule is COC(=O)[C@@H](Cc1cc([N+](=O)[O-])ccc1OC)NC(=O)Cc1cc(C(F)(F)F)cc(C(F)(F)F)c1. The van der Waals surface area contributed by atoms with Crippen LogP contribution in [-0.4, -0.2) is 37.1 Å². The molecule has 2 aromatic rings. The van der Waals surface area contributed by atoms with Gasteiger partial charge in [0, 0.05) is 24.1 Å². The number of nitrogens with one attached hydrogen (secondary N) is 1. The van der Waals surface area contributed by atoms with E-state index in [2.05, 4.69) is 10.1 Å². The van der Waals surface area contributed by atoms with Crippen molar-refractivity contribution >= 4 is 17.6 Å². The molecule has 0 aromatic heterocycles. The predicted octanol–water partition coefficient (Wildman–Crippen LogP) is 4.08. The lowest BCUT2D eigenvalue weighted by molar-refractivity contribution is -0.384. The molecular weight excluding hydrogens is 490 g/mol. The fraction of sp³-hybridized carbons (Fsp3) is 0.333. The van der Waals surface area contributed by atoms with E-state index >= 15 is 0 Å². The van der Waals surface area contributed by atoms with Crippen LogP contribution in [0, 0.1) is 10.1 Å². The Labute approximate surface area is 194 Å². The quantitative estimate of drug-likeness (QED) is 0.249. The molecule has 2 rings (SSSR count). The topological polar surface area (TPSA) is 108 Å². The number of benzene rings is 2. The third-order valence-corrected chi connectivity index (χ3v) is 4.73. The molecule has 14 heteroatoms. The van der Waals surface area contributed by atoms with Gasteiger partial charge in [-0.15, -0.1) is 0 Å². The fourth-order valence-corrected chi connectivity index (χ4v) is 3.15. The highest BCUT2D eigenvalue weighted by molar-refractivity contribution is 5.86. The summed E-state index contributed by atoms with van der Waals surface area (Å²) in [5.74, 6) is -1.96. The van der Waals surface area contributed by atoms with Crippen LogP contribution in [0.3, 0.4) is 0 Å². The molecule has 0 heterocycles. The highest BCUT2D eigenvalue weighted by Crippen LogP contribution is 2.36. The van der Waals surface area contributed by atoms with Crippen LogP contribution in [0.25, 0.3) is 0 Å². The van der Waals surface area contributed by atoms with Gasteiger partial charge in [0.25, 0.3) is 5.69 Å². The molecule has 0 aliphatic heterocycles. The lowest BCUT2D eigenvalue weighted by Crippen LogP contribution is -2.43. The van der Waals surface area contributed by atoms with Crippen molar-refractivity contribution in [3.63, 3.8) is 0 Å². The van der Waals surface area contributed by atoms with Crippen LogP contribution in [-0.2, 0) is 39.5 Å². The van der Waals surface area contributed by atoms with Gasteiger partial charge in [0.1, 0.15) is 11.8 Å². The van der Waals surface area contributed by atoms with Gasteiger partial charge in [0.2, 0.25) is 5.91 Å². The molecule has 0 aliphatic rings. The molecule has 0 radical (unpaired) electrons. The third-order valence-electron chi connectivity index (χ3n) is 4.73. The number of hydrogen-bond donors (Lipinski definition) is 1. The van der Waals surface area contributed by atoms with Crippen LogP contribution in [0.2, 0.25) is 0 Å². The zero-order chi connectivity index (χ0) is 26.6. The Morgan fingerprint density at radius 3 is 2.03 bits per heavy atom. The Balaban J connectivity index is 2.33. The molecule has 0 saturated heterocycles. The Morgan fingerprint density at radius 1 is 1.00 bits per heavy atom. The molecular formula is C21H18F6N2O6. The number of alkyl halides is 6. The minimum absolute atomic E-state index is 0.0761. The Kier molecular flexibility index (Phi) is 8.31. The summed E-state index contributed by atoms with van der Waals surface area (Å²) in [6.45, 7) is 0. The van der Waals surface area contributed by atoms with Gasteiger partial charge >= 0.3 is 18.3 Å². The molecule has 0 saturated carbocycles. The molecule has 0 unspecified atom stereocenters. The second kappa shape index (κ2) is 10.6. The standard InChI is InChI=1S/C21H18F6N2O6/c1-34-17-4-3-15(29(32)33)8-12(17)9-16(19(31)35-2)28-18(30)7-11-5-13(20(22,23)24)10-14(6-11)21(25,26)27/h3-6,8,10,16H,7,9H2,1-2H3,(H,28,30)/t16-/m1/s1. The van der Waals surface area contributed by atoms with Crippen molar-refractivity contribution in [2.75, 3.05) is 14.2 Å². The zero-order valence-corrected chi connectivity index (χ0v) is 18.1. The summed E-state index contributed by atoms with van der Waals surface area (Å²) in [5, 5.41) is 13.2. The number of halogens is 6. The number of non-ortho nitro benzene ring substituents is 1. The van der Waals surface area contributed by atoms with Crippen molar-refractivity contribution in [1.82, 2.24) is 5.32 Å². The first-order valence-electron chi connectivity index (χ1n) is 9.62. The Bertz CT molecular complexity index is 1080. The van der Waals surface area contributed by atoms with E-state index in [4.69, 9.17) is 4.74 Å². The van der Waals surface area contributed by atoms with E-state index in [0.717, 1.165) is 19.2 Å². The number of ether oxygens (including phenoxy) is 2. The number of carbonyl (C=O) groups excluding carboxylic acids is 2. The van der Waals surface area contributed by atoms with Crippen LogP contribution in [0.5, 0.6) is 5.75 Å². The maximum Gasteiger partial charge on any atom is 0.416 e. The van der Waals surface area contributed by atoms with Gasteiger partial charge in [0.15, 0.2) is 0 Å². The van der Waals surface area contributed by atoms with E-state index in [1.54, 1.807) is 0 Å². The zero-order valence-electron chi connectivity index (χ0n) is 18.1. The molecule has 1 amide bonds. The molecule has 8 nitrogen and oxygen atoms in total. The Morgan fingerprint density at radius 2 is 1.57 bits per heavy atom. The number of rotatable bonds is 8. The summed E-state index contributed by atoms with van der Waals surface area (Å²) < 4.78 is 88.0. The number of amides is 1. The maximum absolute atomic E-state index is 13.0. The van der Waals surface area contributed by atoms with Crippen molar-refractivity contribution in [3.05, 3.63) is 68.8 Å². The monoisotopic (exact) mass is 508 g/mol. The van der Waals surface area contributed by atoms with E-state index in [1.807, 2.05) is 0 Å². The van der Waals surface area contributed by atoms with Gasteiger partial charge in [-0.05, 0) is 29.8 Å². The average Bonchev–Trinajstić information content (AvgIpc) is 2.76. The first-order valence-corrected chi connectivity index (χ1v) is 9.62. The van der Waals surface area contributed by atoms with Crippen molar-refractivity contribution in [1.29, 1.82) is 0 Å². The number of nitro groups is 1. The maximum atomic E-state index is 13.0. The molecule has 1 N–H and O–H groups in total. The van der Waals surface area contributed by atoms with Crippen molar-refractivity contribution in [2.24, 2.45) is 0 Å². The van der Waals surface area contributed by atoms with Gasteiger partial charge < -0.3 is 14.8 Å². The van der Waals surface area contributed by atoms with E-state index in [0.29, 0.717) is 12.1 Å². The number of esters is 1. The first-order chi connectivity index (χ1) is 16.1. The molecule has 0 bridgehead atoms. The normalized spacial score (nSPS) is 12.6. The molecule has 0 fully saturated rings. The number of hydrogen-bond acceptors (Lipinski definition) is 6. The predicted molar refractivity (Wildman–Crippen MR) is 107 cm³/mol. The van der Waals surface area contributed by atoms with Crippen LogP contribution in [0.4, 0.5) is 32.0 Å². The second-order valence-corrected chi connectivity index (χ2v) is 7.19. The van der Waals surface area contributed by atoms with Gasteiger partial charge in [-0.25, -0.2) is 4.79 Å². The van der Waals surface area contributed by atoms with E-state index in [1.165, 1.54) is 13.2 Å². The highest BCUT2D eigenvalue weighted by atomic mass is 19.4. The summed E-state index contributed by atoms with van der Waals surface area (Å²) in [6, 6.07) is 2.72.